The smallest absolute Gasteiger partial charge is 0.331 e. The van der Waals surface area contributed by atoms with Crippen LogP contribution in [0.1, 0.15) is 39.7 Å². The highest BCUT2D eigenvalue weighted by Crippen LogP contribution is 2.36. The van der Waals surface area contributed by atoms with E-state index in [1.165, 1.54) is 6.92 Å². The first-order valence-electron chi connectivity index (χ1n) is 6.57. The molecule has 0 fully saturated rings. The minimum Gasteiger partial charge on any atom is -0.366 e. The zero-order valence-corrected chi connectivity index (χ0v) is 11.9. The van der Waals surface area contributed by atoms with Gasteiger partial charge in [-0.15, -0.1) is 0 Å². The van der Waals surface area contributed by atoms with Crippen molar-refractivity contribution in [2.45, 2.75) is 39.7 Å². The van der Waals surface area contributed by atoms with Crippen LogP contribution < -0.4 is 4.90 Å². The molecule has 4 heteroatoms. The van der Waals surface area contributed by atoms with Crippen LogP contribution in [0.25, 0.3) is 0 Å². The topological polar surface area (TPSA) is 41.9 Å². The molecule has 4 nitrogen and oxygen atoms in total. The largest absolute Gasteiger partial charge is 0.366 e. The van der Waals surface area contributed by atoms with Gasteiger partial charge in [0.2, 0.25) is 0 Å². The Labute approximate surface area is 114 Å². The summed E-state index contributed by atoms with van der Waals surface area (Å²) in [6.07, 6.45) is 0.755. The van der Waals surface area contributed by atoms with E-state index in [9.17, 15) is 4.79 Å². The molecule has 0 amide bonds. The van der Waals surface area contributed by atoms with Crippen LogP contribution in [0.2, 0.25) is 0 Å². The molecule has 0 N–H and O–H groups in total. The van der Waals surface area contributed by atoms with E-state index >= 15 is 0 Å². The molecule has 0 aliphatic carbocycles. The van der Waals surface area contributed by atoms with Gasteiger partial charge in [-0.3, -0.25) is 0 Å². The summed E-state index contributed by atoms with van der Waals surface area (Å²) in [7, 11) is 0. The summed E-state index contributed by atoms with van der Waals surface area (Å²) < 4.78 is 0. The first-order chi connectivity index (χ1) is 8.95. The average molecular weight is 260 g/mol. The molecular formula is C15H20N2O2. The van der Waals surface area contributed by atoms with Gasteiger partial charge in [-0.25, -0.2) is 4.79 Å². The number of carbonyl (C=O) groups is 1. The predicted molar refractivity (Wildman–Crippen MR) is 76.5 cm³/mol. The molecular weight excluding hydrogens is 240 g/mol. The van der Waals surface area contributed by atoms with E-state index in [4.69, 9.17) is 4.84 Å². The first-order valence-corrected chi connectivity index (χ1v) is 6.57. The number of hydrogen-bond donors (Lipinski definition) is 0. The molecule has 0 radical (unpaired) electrons. The lowest BCUT2D eigenvalue weighted by Gasteiger charge is -2.44. The first kappa shape index (κ1) is 13.6. The molecule has 0 aromatic heterocycles. The maximum Gasteiger partial charge on any atom is 0.331 e. The number of oxime groups is 1. The van der Waals surface area contributed by atoms with Crippen molar-refractivity contribution >= 4 is 17.4 Å². The molecule has 0 atom stereocenters. The van der Waals surface area contributed by atoms with Gasteiger partial charge in [0.05, 0.1) is 5.71 Å². The van der Waals surface area contributed by atoms with E-state index in [0.29, 0.717) is 0 Å². The molecule has 1 aromatic rings. The quantitative estimate of drug-likeness (QED) is 0.606. The summed E-state index contributed by atoms with van der Waals surface area (Å²) in [5.41, 5.74) is 2.99. The van der Waals surface area contributed by atoms with Crippen LogP contribution in [0.3, 0.4) is 0 Å². The number of para-hydroxylation sites is 1. The number of anilines is 1. The van der Waals surface area contributed by atoms with E-state index in [0.717, 1.165) is 29.9 Å². The molecule has 1 heterocycles. The predicted octanol–water partition coefficient (Wildman–Crippen LogP) is 2.96. The highest BCUT2D eigenvalue weighted by Gasteiger charge is 2.35. The molecule has 0 unspecified atom stereocenters. The Morgan fingerprint density at radius 1 is 1.42 bits per heavy atom. The number of rotatable bonds is 2. The minimum atomic E-state index is -0.388. The molecule has 0 spiro atoms. The van der Waals surface area contributed by atoms with E-state index in [1.807, 2.05) is 18.2 Å². The third kappa shape index (κ3) is 2.62. The second-order valence-electron chi connectivity index (χ2n) is 5.37. The van der Waals surface area contributed by atoms with Gasteiger partial charge >= 0.3 is 5.97 Å². The number of benzene rings is 1. The van der Waals surface area contributed by atoms with Crippen LogP contribution in [0.4, 0.5) is 5.69 Å². The van der Waals surface area contributed by atoms with E-state index in [2.05, 4.69) is 36.9 Å². The van der Waals surface area contributed by atoms with Crippen molar-refractivity contribution in [3.05, 3.63) is 29.8 Å². The van der Waals surface area contributed by atoms with E-state index in [-0.39, 0.29) is 11.5 Å². The summed E-state index contributed by atoms with van der Waals surface area (Å²) in [6, 6.07) is 8.11. The van der Waals surface area contributed by atoms with Gasteiger partial charge in [0.1, 0.15) is 0 Å². The van der Waals surface area contributed by atoms with Crippen LogP contribution in [-0.2, 0) is 9.63 Å². The lowest BCUT2D eigenvalue weighted by atomic mass is 9.85. The highest BCUT2D eigenvalue weighted by molar-refractivity contribution is 6.07. The number of carbonyl (C=O) groups excluding carboxylic acids is 1. The monoisotopic (exact) mass is 260 g/mol. The SMILES string of the molecule is CCN1c2ccccc2/C(=N/OC(C)=O)CC1(C)C. The summed E-state index contributed by atoms with van der Waals surface area (Å²) in [5.74, 6) is -0.388. The minimum absolute atomic E-state index is 0.0396. The Balaban J connectivity index is 2.49. The molecule has 1 aromatic carbocycles. The Bertz CT molecular complexity index is 521. The van der Waals surface area contributed by atoms with Gasteiger partial charge in [-0.05, 0) is 26.8 Å². The lowest BCUT2D eigenvalue weighted by molar-refractivity contribution is -0.140. The fraction of sp³-hybridized carbons (Fsp3) is 0.467. The maximum atomic E-state index is 10.9. The number of hydrogen-bond acceptors (Lipinski definition) is 4. The van der Waals surface area contributed by atoms with Crippen LogP contribution in [0, 0.1) is 0 Å². The lowest BCUT2D eigenvalue weighted by Crippen LogP contribution is -2.49. The van der Waals surface area contributed by atoms with Crippen molar-refractivity contribution in [2.75, 3.05) is 11.4 Å². The maximum absolute atomic E-state index is 10.9. The third-order valence-corrected chi connectivity index (χ3v) is 3.44. The fourth-order valence-corrected chi connectivity index (χ4v) is 2.68. The summed E-state index contributed by atoms with van der Waals surface area (Å²) in [4.78, 5) is 18.1. The van der Waals surface area contributed by atoms with Crippen LogP contribution in [0.5, 0.6) is 0 Å². The molecule has 0 saturated carbocycles. The molecule has 1 aliphatic rings. The van der Waals surface area contributed by atoms with Crippen molar-refractivity contribution in [1.82, 2.24) is 0 Å². The van der Waals surface area contributed by atoms with Gasteiger partial charge in [0, 0.05) is 36.7 Å². The van der Waals surface area contributed by atoms with Crippen molar-refractivity contribution in [1.29, 1.82) is 0 Å². The Morgan fingerprint density at radius 2 is 2.11 bits per heavy atom. The molecule has 102 valence electrons. The summed E-state index contributed by atoms with van der Waals surface area (Å²) >= 11 is 0. The molecule has 1 aliphatic heterocycles. The van der Waals surface area contributed by atoms with Crippen molar-refractivity contribution in [3.63, 3.8) is 0 Å². The summed E-state index contributed by atoms with van der Waals surface area (Å²) in [6.45, 7) is 8.80. The van der Waals surface area contributed by atoms with Crippen molar-refractivity contribution in [2.24, 2.45) is 5.16 Å². The van der Waals surface area contributed by atoms with Crippen LogP contribution in [0.15, 0.2) is 29.4 Å². The van der Waals surface area contributed by atoms with E-state index in [1.54, 1.807) is 0 Å². The second kappa shape index (κ2) is 5.03. The Hall–Kier alpha value is -1.84. The van der Waals surface area contributed by atoms with Gasteiger partial charge < -0.3 is 9.74 Å². The third-order valence-electron chi connectivity index (χ3n) is 3.44. The standard InChI is InChI=1S/C15H20N2O2/c1-5-17-14-9-7-6-8-12(14)13(10-15(17,3)4)16-19-11(2)18/h6-9H,5,10H2,1-4H3/b16-13+. The normalized spacial score (nSPS) is 19.2. The van der Waals surface area contributed by atoms with Gasteiger partial charge in [-0.1, -0.05) is 23.4 Å². The Kier molecular flexibility index (Phi) is 3.60. The Morgan fingerprint density at radius 3 is 2.74 bits per heavy atom. The molecule has 2 rings (SSSR count). The molecule has 0 bridgehead atoms. The van der Waals surface area contributed by atoms with Crippen molar-refractivity contribution in [3.8, 4) is 0 Å². The van der Waals surface area contributed by atoms with Gasteiger partial charge in [0.25, 0.3) is 0 Å². The zero-order valence-electron chi connectivity index (χ0n) is 11.9. The van der Waals surface area contributed by atoms with Crippen LogP contribution in [-0.4, -0.2) is 23.8 Å². The van der Waals surface area contributed by atoms with Gasteiger partial charge in [0.15, 0.2) is 0 Å². The highest BCUT2D eigenvalue weighted by atomic mass is 16.7. The number of nitrogens with zero attached hydrogens (tertiary/aromatic N) is 2. The zero-order chi connectivity index (χ0) is 14.0. The van der Waals surface area contributed by atoms with Crippen molar-refractivity contribution < 1.29 is 9.63 Å². The fourth-order valence-electron chi connectivity index (χ4n) is 2.68. The second-order valence-corrected chi connectivity index (χ2v) is 5.37. The molecule has 19 heavy (non-hydrogen) atoms. The average Bonchev–Trinajstić information content (AvgIpc) is 2.35. The summed E-state index contributed by atoms with van der Waals surface area (Å²) in [5, 5.41) is 4.03. The number of fused-ring (bicyclic) bond motifs is 1. The molecule has 0 saturated heterocycles. The van der Waals surface area contributed by atoms with Gasteiger partial charge in [-0.2, -0.15) is 0 Å². The van der Waals surface area contributed by atoms with E-state index < -0.39 is 0 Å². The van der Waals surface area contributed by atoms with Crippen LogP contribution >= 0.6 is 0 Å².